The van der Waals surface area contributed by atoms with E-state index in [1.54, 1.807) is 0 Å². The van der Waals surface area contributed by atoms with Crippen LogP contribution in [0.1, 0.15) is 33.1 Å². The number of urea groups is 1. The van der Waals surface area contributed by atoms with Crippen LogP contribution < -0.4 is 10.6 Å². The van der Waals surface area contributed by atoms with E-state index in [1.807, 2.05) is 4.90 Å². The Balaban J connectivity index is 1.73. The zero-order valence-corrected chi connectivity index (χ0v) is 13.0. The van der Waals surface area contributed by atoms with Crippen LogP contribution in [0.4, 0.5) is 4.79 Å². The van der Waals surface area contributed by atoms with E-state index in [0.717, 1.165) is 45.2 Å². The first-order chi connectivity index (χ1) is 9.74. The molecule has 2 atom stereocenters. The number of piperidine rings is 1. The minimum absolute atomic E-state index is 0.108. The summed E-state index contributed by atoms with van der Waals surface area (Å²) in [6, 6.07) is 0.794. The molecule has 0 radical (unpaired) electrons. The zero-order valence-electron chi connectivity index (χ0n) is 13.0. The van der Waals surface area contributed by atoms with Gasteiger partial charge in [-0.15, -0.1) is 0 Å². The van der Waals surface area contributed by atoms with E-state index in [9.17, 15) is 4.79 Å². The molecule has 20 heavy (non-hydrogen) atoms. The summed E-state index contributed by atoms with van der Waals surface area (Å²) in [5, 5.41) is 6.56. The molecule has 2 unspecified atom stereocenters. The molecule has 0 bridgehead atoms. The number of nitrogens with one attached hydrogen (secondary N) is 2. The Kier molecular flexibility index (Phi) is 6.10. The topological polar surface area (TPSA) is 47.6 Å². The summed E-state index contributed by atoms with van der Waals surface area (Å²) in [5.41, 5.74) is 0. The molecule has 5 heteroatoms. The van der Waals surface area contributed by atoms with Crippen molar-refractivity contribution >= 4 is 6.03 Å². The van der Waals surface area contributed by atoms with Gasteiger partial charge in [-0.1, -0.05) is 20.3 Å². The highest BCUT2D eigenvalue weighted by Crippen LogP contribution is 2.20. The highest BCUT2D eigenvalue weighted by Gasteiger charge is 2.28. The van der Waals surface area contributed by atoms with Crippen molar-refractivity contribution < 1.29 is 4.79 Å². The molecule has 116 valence electrons. The summed E-state index contributed by atoms with van der Waals surface area (Å²) in [6.45, 7) is 11.5. The summed E-state index contributed by atoms with van der Waals surface area (Å²) in [5.74, 6) is 0.753. The lowest BCUT2D eigenvalue weighted by atomic mass is 9.90. The maximum atomic E-state index is 11.5. The number of carbonyl (C=O) groups excluding carboxylic acids is 1. The second kappa shape index (κ2) is 7.84. The highest BCUT2D eigenvalue weighted by atomic mass is 16.2. The molecule has 0 aromatic rings. The number of nitrogens with zero attached hydrogens (tertiary/aromatic N) is 2. The third-order valence-corrected chi connectivity index (χ3v) is 4.63. The molecule has 2 fully saturated rings. The average Bonchev–Trinajstić information content (AvgIpc) is 2.88. The van der Waals surface area contributed by atoms with Crippen LogP contribution in [0.3, 0.4) is 0 Å². The van der Waals surface area contributed by atoms with Gasteiger partial charge in [-0.2, -0.15) is 0 Å². The van der Waals surface area contributed by atoms with Crippen LogP contribution in [0, 0.1) is 5.92 Å². The third-order valence-electron chi connectivity index (χ3n) is 4.63. The molecule has 2 aliphatic heterocycles. The summed E-state index contributed by atoms with van der Waals surface area (Å²) < 4.78 is 0. The van der Waals surface area contributed by atoms with Gasteiger partial charge in [0.05, 0.1) is 0 Å². The molecule has 2 aliphatic rings. The lowest BCUT2D eigenvalue weighted by Crippen LogP contribution is -2.50. The van der Waals surface area contributed by atoms with Crippen LogP contribution in [0.25, 0.3) is 0 Å². The van der Waals surface area contributed by atoms with Gasteiger partial charge in [-0.25, -0.2) is 4.79 Å². The van der Waals surface area contributed by atoms with Crippen molar-refractivity contribution in [3.05, 3.63) is 0 Å². The van der Waals surface area contributed by atoms with Gasteiger partial charge >= 0.3 is 6.03 Å². The van der Waals surface area contributed by atoms with Crippen LogP contribution >= 0.6 is 0 Å². The second-order valence-corrected chi connectivity index (χ2v) is 6.04. The third kappa shape index (κ3) is 4.09. The Morgan fingerprint density at radius 1 is 1.30 bits per heavy atom. The maximum Gasteiger partial charge on any atom is 0.317 e. The zero-order chi connectivity index (χ0) is 14.4. The number of carbonyl (C=O) groups is 1. The van der Waals surface area contributed by atoms with E-state index < -0.39 is 0 Å². The van der Waals surface area contributed by atoms with Gasteiger partial charge in [-0.3, -0.25) is 0 Å². The average molecular weight is 282 g/mol. The quantitative estimate of drug-likeness (QED) is 0.735. The van der Waals surface area contributed by atoms with Crippen molar-refractivity contribution in [1.82, 2.24) is 20.4 Å². The van der Waals surface area contributed by atoms with Crippen molar-refractivity contribution in [3.63, 3.8) is 0 Å². The molecule has 2 amide bonds. The summed E-state index contributed by atoms with van der Waals surface area (Å²) in [4.78, 5) is 16.0. The van der Waals surface area contributed by atoms with Crippen LogP contribution in [-0.4, -0.2) is 67.7 Å². The number of rotatable bonds is 7. The van der Waals surface area contributed by atoms with Crippen molar-refractivity contribution in [3.8, 4) is 0 Å². The van der Waals surface area contributed by atoms with Crippen LogP contribution in [0.2, 0.25) is 0 Å². The van der Waals surface area contributed by atoms with Gasteiger partial charge in [0.25, 0.3) is 0 Å². The molecular weight excluding hydrogens is 252 g/mol. The van der Waals surface area contributed by atoms with Gasteiger partial charge in [0.15, 0.2) is 0 Å². The Morgan fingerprint density at radius 2 is 2.15 bits per heavy atom. The first-order valence-corrected chi connectivity index (χ1v) is 8.23. The fourth-order valence-corrected chi connectivity index (χ4v) is 3.31. The molecule has 2 heterocycles. The number of hydrogen-bond acceptors (Lipinski definition) is 3. The van der Waals surface area contributed by atoms with Gasteiger partial charge in [0.2, 0.25) is 0 Å². The minimum Gasteiger partial charge on any atom is -0.336 e. The molecular formula is C15H30N4O. The van der Waals surface area contributed by atoms with Gasteiger partial charge in [-0.05, 0) is 31.8 Å². The molecule has 2 rings (SSSR count). The lowest BCUT2D eigenvalue weighted by Gasteiger charge is -2.39. The van der Waals surface area contributed by atoms with Gasteiger partial charge < -0.3 is 20.4 Å². The summed E-state index contributed by atoms with van der Waals surface area (Å²) >= 11 is 0. The molecule has 2 saturated heterocycles. The SMILES string of the molecule is CCCNC1CCN(CCN2CCNC2=O)CC1CC. The normalized spacial score (nSPS) is 27.9. The minimum atomic E-state index is 0.108. The Hall–Kier alpha value is -0.810. The predicted octanol–water partition coefficient (Wildman–Crippen LogP) is 1.11. The number of likely N-dealkylation sites (tertiary alicyclic amines) is 1. The molecule has 2 N–H and O–H groups in total. The van der Waals surface area contributed by atoms with E-state index in [2.05, 4.69) is 29.4 Å². The summed E-state index contributed by atoms with van der Waals surface area (Å²) in [6.07, 6.45) is 3.69. The lowest BCUT2D eigenvalue weighted by molar-refractivity contribution is 0.125. The Bertz CT molecular complexity index is 310. The van der Waals surface area contributed by atoms with Crippen molar-refractivity contribution in [2.45, 2.75) is 39.2 Å². The monoisotopic (exact) mass is 282 g/mol. The standard InChI is InChI=1S/C15H30N4O/c1-3-6-16-14-5-8-18(12-13(14)4-2)10-11-19-9-7-17-15(19)20/h13-14,16H,3-12H2,1-2H3,(H,17,20). The van der Waals surface area contributed by atoms with Crippen LogP contribution in [0.5, 0.6) is 0 Å². The fraction of sp³-hybridized carbons (Fsp3) is 0.933. The fourth-order valence-electron chi connectivity index (χ4n) is 3.31. The molecule has 0 saturated carbocycles. The van der Waals surface area contributed by atoms with Crippen molar-refractivity contribution in [2.75, 3.05) is 45.8 Å². The van der Waals surface area contributed by atoms with E-state index >= 15 is 0 Å². The highest BCUT2D eigenvalue weighted by molar-refractivity contribution is 5.76. The molecule has 0 spiro atoms. The van der Waals surface area contributed by atoms with E-state index in [4.69, 9.17) is 0 Å². The summed E-state index contributed by atoms with van der Waals surface area (Å²) in [7, 11) is 0. The number of amides is 2. The predicted molar refractivity (Wildman–Crippen MR) is 81.9 cm³/mol. The van der Waals surface area contributed by atoms with Crippen molar-refractivity contribution in [2.24, 2.45) is 5.92 Å². The van der Waals surface area contributed by atoms with E-state index in [0.29, 0.717) is 6.04 Å². The van der Waals surface area contributed by atoms with Crippen LogP contribution in [-0.2, 0) is 0 Å². The molecule has 0 aliphatic carbocycles. The first kappa shape index (κ1) is 15.6. The Labute approximate surface area is 123 Å². The van der Waals surface area contributed by atoms with E-state index in [1.165, 1.54) is 25.8 Å². The first-order valence-electron chi connectivity index (χ1n) is 8.23. The number of hydrogen-bond donors (Lipinski definition) is 2. The second-order valence-electron chi connectivity index (χ2n) is 6.04. The van der Waals surface area contributed by atoms with E-state index in [-0.39, 0.29) is 6.03 Å². The smallest absolute Gasteiger partial charge is 0.317 e. The van der Waals surface area contributed by atoms with Gasteiger partial charge in [0, 0.05) is 38.8 Å². The molecule has 0 aromatic carbocycles. The molecule has 0 aromatic heterocycles. The van der Waals surface area contributed by atoms with Crippen LogP contribution in [0.15, 0.2) is 0 Å². The van der Waals surface area contributed by atoms with Gasteiger partial charge in [0.1, 0.15) is 0 Å². The maximum absolute atomic E-state index is 11.5. The largest absolute Gasteiger partial charge is 0.336 e. The Morgan fingerprint density at radius 3 is 2.80 bits per heavy atom. The van der Waals surface area contributed by atoms with Crippen molar-refractivity contribution in [1.29, 1.82) is 0 Å². The molecule has 5 nitrogen and oxygen atoms in total.